The Morgan fingerprint density at radius 2 is 1.84 bits per heavy atom. The maximum absolute atomic E-state index is 13.6. The van der Waals surface area contributed by atoms with Crippen LogP contribution >= 0.6 is 11.6 Å². The minimum Gasteiger partial charge on any atom is -0.348 e. The summed E-state index contributed by atoms with van der Waals surface area (Å²) in [7, 11) is 0. The fourth-order valence-corrected chi connectivity index (χ4v) is 4.57. The van der Waals surface area contributed by atoms with Crippen molar-refractivity contribution in [1.82, 2.24) is 14.4 Å². The molecule has 0 fully saturated rings. The second-order valence-electron chi connectivity index (χ2n) is 8.54. The van der Waals surface area contributed by atoms with Gasteiger partial charge in [-0.05, 0) is 50.6 Å². The van der Waals surface area contributed by atoms with Crippen LogP contribution in [0.25, 0.3) is 0 Å². The number of aryl methyl sites for hydroxylation is 1. The van der Waals surface area contributed by atoms with Crippen LogP contribution in [-0.4, -0.2) is 45.3 Å². The van der Waals surface area contributed by atoms with Crippen LogP contribution in [-0.2, 0) is 11.3 Å². The molecule has 0 saturated carbocycles. The van der Waals surface area contributed by atoms with Crippen LogP contribution < -0.4 is 0 Å². The number of hydrogen-bond donors (Lipinski definition) is 0. The van der Waals surface area contributed by atoms with Crippen molar-refractivity contribution in [3.05, 3.63) is 94.3 Å². The molecule has 1 atom stereocenters. The fraction of sp³-hybridized carbons (Fsp3) is 0.308. The van der Waals surface area contributed by atoms with E-state index >= 15 is 0 Å². The van der Waals surface area contributed by atoms with E-state index in [0.29, 0.717) is 17.1 Å². The number of benzene rings is 2. The lowest BCUT2D eigenvalue weighted by Crippen LogP contribution is -2.49. The highest BCUT2D eigenvalue weighted by Gasteiger charge is 2.34. The SMILES string of the molecule is Cc1cccc(C2c3cccn3CCN2C(=O)CN(C(=O)c2ccccc2Cl)C(C)C)c1. The predicted octanol–water partition coefficient (Wildman–Crippen LogP) is 4.93. The summed E-state index contributed by atoms with van der Waals surface area (Å²) in [5.74, 6) is -0.301. The van der Waals surface area contributed by atoms with Gasteiger partial charge in [0.1, 0.15) is 6.54 Å². The Hall–Kier alpha value is -3.05. The highest BCUT2D eigenvalue weighted by molar-refractivity contribution is 6.33. The van der Waals surface area contributed by atoms with E-state index in [4.69, 9.17) is 11.6 Å². The molecule has 0 radical (unpaired) electrons. The highest BCUT2D eigenvalue weighted by Crippen LogP contribution is 2.33. The summed E-state index contributed by atoms with van der Waals surface area (Å²) < 4.78 is 2.20. The van der Waals surface area contributed by atoms with E-state index in [1.807, 2.05) is 30.9 Å². The lowest BCUT2D eigenvalue weighted by Gasteiger charge is -2.39. The first-order chi connectivity index (χ1) is 15.4. The molecule has 2 aromatic carbocycles. The summed E-state index contributed by atoms with van der Waals surface area (Å²) in [5, 5.41) is 0.393. The monoisotopic (exact) mass is 449 g/mol. The van der Waals surface area contributed by atoms with Crippen LogP contribution in [0.15, 0.2) is 66.9 Å². The van der Waals surface area contributed by atoms with Gasteiger partial charge in [-0.15, -0.1) is 0 Å². The molecule has 1 aliphatic rings. The molecule has 3 aromatic rings. The molecule has 0 N–H and O–H groups in total. The molecule has 4 rings (SSSR count). The van der Waals surface area contributed by atoms with Crippen molar-refractivity contribution in [3.8, 4) is 0 Å². The average Bonchev–Trinajstić information content (AvgIpc) is 3.25. The Bertz CT molecular complexity index is 1140. The van der Waals surface area contributed by atoms with Crippen LogP contribution in [0.5, 0.6) is 0 Å². The van der Waals surface area contributed by atoms with E-state index < -0.39 is 0 Å². The molecule has 5 nitrogen and oxygen atoms in total. The third-order valence-corrected chi connectivity index (χ3v) is 6.34. The molecule has 32 heavy (non-hydrogen) atoms. The normalized spacial score (nSPS) is 15.5. The van der Waals surface area contributed by atoms with Crippen LogP contribution in [0.4, 0.5) is 0 Å². The first kappa shape index (κ1) is 22.2. The van der Waals surface area contributed by atoms with Crippen LogP contribution in [0.3, 0.4) is 0 Å². The molecule has 0 saturated heterocycles. The number of aromatic nitrogens is 1. The second-order valence-corrected chi connectivity index (χ2v) is 8.94. The Morgan fingerprint density at radius 1 is 1.06 bits per heavy atom. The highest BCUT2D eigenvalue weighted by atomic mass is 35.5. The minimum atomic E-state index is -0.230. The van der Waals surface area contributed by atoms with Crippen molar-refractivity contribution in [2.24, 2.45) is 0 Å². The summed E-state index contributed by atoms with van der Waals surface area (Å²) >= 11 is 6.27. The molecule has 1 aromatic heterocycles. The topological polar surface area (TPSA) is 45.6 Å². The Kier molecular flexibility index (Phi) is 6.38. The molecule has 1 aliphatic heterocycles. The van der Waals surface area contributed by atoms with E-state index in [9.17, 15) is 9.59 Å². The molecule has 0 bridgehead atoms. The Labute approximate surface area is 194 Å². The third kappa shape index (κ3) is 4.30. The minimum absolute atomic E-state index is 0.00471. The molecule has 2 amide bonds. The molecule has 0 spiro atoms. The van der Waals surface area contributed by atoms with Crippen LogP contribution in [0, 0.1) is 6.92 Å². The van der Waals surface area contributed by atoms with Gasteiger partial charge >= 0.3 is 0 Å². The van der Waals surface area contributed by atoms with Gasteiger partial charge in [0.25, 0.3) is 5.91 Å². The van der Waals surface area contributed by atoms with Gasteiger partial charge in [-0.2, -0.15) is 0 Å². The number of rotatable bonds is 5. The summed E-state index contributed by atoms with van der Waals surface area (Å²) in [6.07, 6.45) is 2.06. The Morgan fingerprint density at radius 3 is 2.56 bits per heavy atom. The maximum Gasteiger partial charge on any atom is 0.256 e. The quantitative estimate of drug-likeness (QED) is 0.554. The van der Waals surface area contributed by atoms with E-state index in [-0.39, 0.29) is 30.4 Å². The van der Waals surface area contributed by atoms with Crippen molar-refractivity contribution in [3.63, 3.8) is 0 Å². The molecule has 166 valence electrons. The summed E-state index contributed by atoms with van der Waals surface area (Å²) in [5.41, 5.74) is 3.73. The van der Waals surface area contributed by atoms with Crippen molar-refractivity contribution in [2.75, 3.05) is 13.1 Å². The van der Waals surface area contributed by atoms with Crippen molar-refractivity contribution >= 4 is 23.4 Å². The largest absolute Gasteiger partial charge is 0.348 e. The number of amides is 2. The van der Waals surface area contributed by atoms with Gasteiger partial charge < -0.3 is 14.4 Å². The summed E-state index contributed by atoms with van der Waals surface area (Å²) in [6, 6.07) is 19.0. The number of fused-ring (bicyclic) bond motifs is 1. The van der Waals surface area contributed by atoms with E-state index in [1.54, 1.807) is 29.2 Å². The standard InChI is InChI=1S/C26H28ClN3O2/c1-18(2)30(26(32)21-10-4-5-11-22(21)27)17-24(31)29-15-14-28-13-7-12-23(28)25(29)20-9-6-8-19(3)16-20/h4-13,16,18,25H,14-15,17H2,1-3H3. The number of carbonyl (C=O) groups excluding carboxylic acids is 2. The average molecular weight is 450 g/mol. The second kappa shape index (κ2) is 9.21. The van der Waals surface area contributed by atoms with Gasteiger partial charge in [0.05, 0.1) is 16.6 Å². The fourth-order valence-electron chi connectivity index (χ4n) is 4.36. The lowest BCUT2D eigenvalue weighted by atomic mass is 9.98. The molecule has 1 unspecified atom stereocenters. The van der Waals surface area contributed by atoms with E-state index in [1.165, 1.54) is 0 Å². The van der Waals surface area contributed by atoms with Gasteiger partial charge in [-0.25, -0.2) is 0 Å². The zero-order chi connectivity index (χ0) is 22.8. The predicted molar refractivity (Wildman–Crippen MR) is 127 cm³/mol. The van der Waals surface area contributed by atoms with Crippen molar-refractivity contribution in [1.29, 1.82) is 0 Å². The van der Waals surface area contributed by atoms with Gasteiger partial charge in [-0.3, -0.25) is 9.59 Å². The molecular formula is C26H28ClN3O2. The van der Waals surface area contributed by atoms with Crippen LogP contribution in [0.2, 0.25) is 5.02 Å². The van der Waals surface area contributed by atoms with Gasteiger partial charge in [-0.1, -0.05) is 53.6 Å². The first-order valence-corrected chi connectivity index (χ1v) is 11.3. The van der Waals surface area contributed by atoms with Gasteiger partial charge in [0, 0.05) is 31.0 Å². The first-order valence-electron chi connectivity index (χ1n) is 10.9. The van der Waals surface area contributed by atoms with E-state index in [0.717, 1.165) is 23.4 Å². The molecule has 0 aliphatic carbocycles. The number of carbonyl (C=O) groups is 2. The number of nitrogens with zero attached hydrogens (tertiary/aromatic N) is 3. The molecule has 6 heteroatoms. The van der Waals surface area contributed by atoms with Crippen LogP contribution in [0.1, 0.15) is 47.1 Å². The smallest absolute Gasteiger partial charge is 0.256 e. The summed E-state index contributed by atoms with van der Waals surface area (Å²) in [6.45, 7) is 7.22. The summed E-state index contributed by atoms with van der Waals surface area (Å²) in [4.78, 5) is 30.4. The van der Waals surface area contributed by atoms with E-state index in [2.05, 4.69) is 42.0 Å². The van der Waals surface area contributed by atoms with Gasteiger partial charge in [0.2, 0.25) is 5.91 Å². The zero-order valence-electron chi connectivity index (χ0n) is 18.7. The molecular weight excluding hydrogens is 422 g/mol. The lowest BCUT2D eigenvalue weighted by molar-refractivity contribution is -0.135. The third-order valence-electron chi connectivity index (χ3n) is 6.01. The van der Waals surface area contributed by atoms with Crippen molar-refractivity contribution in [2.45, 2.75) is 39.4 Å². The number of hydrogen-bond acceptors (Lipinski definition) is 2. The zero-order valence-corrected chi connectivity index (χ0v) is 19.4. The Balaban J connectivity index is 1.64. The van der Waals surface area contributed by atoms with Gasteiger partial charge in [0.15, 0.2) is 0 Å². The van der Waals surface area contributed by atoms with Crippen molar-refractivity contribution < 1.29 is 9.59 Å². The number of halogens is 1. The maximum atomic E-state index is 13.6. The molecule has 2 heterocycles.